The van der Waals surface area contributed by atoms with Crippen LogP contribution in [-0.4, -0.2) is 15.2 Å². The van der Waals surface area contributed by atoms with Gasteiger partial charge >= 0.3 is 0 Å². The Hall–Kier alpha value is -1.33. The van der Waals surface area contributed by atoms with Gasteiger partial charge in [-0.05, 0) is 28.1 Å². The highest BCUT2D eigenvalue weighted by Gasteiger charge is 2.10. The van der Waals surface area contributed by atoms with Gasteiger partial charge in [-0.15, -0.1) is 0 Å². The number of rotatable bonds is 0. The van der Waals surface area contributed by atoms with Crippen LogP contribution in [0.4, 0.5) is 5.82 Å². The summed E-state index contributed by atoms with van der Waals surface area (Å²) in [5.41, 5.74) is 7.28. The SMILES string of the molecule is Nc1nc2cc(Br)c(Cl)cc2c2c[nH]nc12. The third-order valence-corrected chi connectivity index (χ3v) is 3.65. The van der Waals surface area contributed by atoms with Crippen molar-refractivity contribution in [3.05, 3.63) is 27.8 Å². The molecular weight excluding hydrogens is 291 g/mol. The Kier molecular flexibility index (Phi) is 2.05. The average molecular weight is 298 g/mol. The number of nitrogen functional groups attached to an aromatic ring is 1. The molecule has 0 spiro atoms. The molecule has 2 heterocycles. The molecule has 3 rings (SSSR count). The summed E-state index contributed by atoms with van der Waals surface area (Å²) in [6.45, 7) is 0. The fraction of sp³-hybridized carbons (Fsp3) is 0. The zero-order valence-corrected chi connectivity index (χ0v) is 10.3. The first kappa shape index (κ1) is 9.86. The molecule has 0 saturated carbocycles. The quantitative estimate of drug-likeness (QED) is 0.670. The number of nitrogens with one attached hydrogen (secondary N) is 1. The predicted octanol–water partition coefficient (Wildman–Crippen LogP) is 3.11. The molecule has 16 heavy (non-hydrogen) atoms. The van der Waals surface area contributed by atoms with Gasteiger partial charge in [-0.2, -0.15) is 5.10 Å². The Morgan fingerprint density at radius 2 is 2.12 bits per heavy atom. The second kappa shape index (κ2) is 3.33. The van der Waals surface area contributed by atoms with Crippen LogP contribution < -0.4 is 5.73 Å². The number of anilines is 1. The lowest BCUT2D eigenvalue weighted by molar-refractivity contribution is 1.12. The molecule has 0 aliphatic carbocycles. The summed E-state index contributed by atoms with van der Waals surface area (Å²) in [5.74, 6) is 0.415. The molecule has 0 atom stereocenters. The Labute approximate surface area is 104 Å². The second-order valence-corrected chi connectivity index (χ2v) is 4.69. The summed E-state index contributed by atoms with van der Waals surface area (Å²) in [4.78, 5) is 4.28. The van der Waals surface area contributed by atoms with E-state index in [4.69, 9.17) is 17.3 Å². The fourth-order valence-electron chi connectivity index (χ4n) is 1.72. The lowest BCUT2D eigenvalue weighted by Gasteiger charge is -2.03. The van der Waals surface area contributed by atoms with Gasteiger partial charge < -0.3 is 5.73 Å². The summed E-state index contributed by atoms with van der Waals surface area (Å²) in [7, 11) is 0. The largest absolute Gasteiger partial charge is 0.382 e. The molecule has 6 heteroatoms. The van der Waals surface area contributed by atoms with Gasteiger partial charge in [-0.1, -0.05) is 11.6 Å². The minimum Gasteiger partial charge on any atom is -0.382 e. The second-order valence-electron chi connectivity index (χ2n) is 3.43. The van der Waals surface area contributed by atoms with Crippen LogP contribution in [0.3, 0.4) is 0 Å². The third-order valence-electron chi connectivity index (χ3n) is 2.45. The smallest absolute Gasteiger partial charge is 0.152 e. The van der Waals surface area contributed by atoms with Crippen LogP contribution in [0.5, 0.6) is 0 Å². The molecule has 0 saturated heterocycles. The predicted molar refractivity (Wildman–Crippen MR) is 68.5 cm³/mol. The fourth-order valence-corrected chi connectivity index (χ4v) is 2.21. The van der Waals surface area contributed by atoms with E-state index >= 15 is 0 Å². The highest BCUT2D eigenvalue weighted by Crippen LogP contribution is 2.32. The molecule has 0 fully saturated rings. The van der Waals surface area contributed by atoms with Crippen molar-refractivity contribution >= 4 is 55.2 Å². The first-order chi connectivity index (χ1) is 7.66. The summed E-state index contributed by atoms with van der Waals surface area (Å²) < 4.78 is 0.802. The number of hydrogen-bond donors (Lipinski definition) is 2. The van der Waals surface area contributed by atoms with Gasteiger partial charge in [0.1, 0.15) is 5.52 Å². The van der Waals surface area contributed by atoms with Crippen LogP contribution in [-0.2, 0) is 0 Å². The monoisotopic (exact) mass is 296 g/mol. The number of H-pyrrole nitrogens is 1. The minimum atomic E-state index is 0.415. The van der Waals surface area contributed by atoms with E-state index < -0.39 is 0 Å². The standard InChI is InChI=1S/C10H6BrClN4/c11-6-2-8-4(1-7(6)12)5-3-14-16-9(5)10(13)15-8/h1-3H,(H2,13,15)(H,14,16). The van der Waals surface area contributed by atoms with Crippen molar-refractivity contribution in [1.29, 1.82) is 0 Å². The van der Waals surface area contributed by atoms with E-state index in [-0.39, 0.29) is 0 Å². The van der Waals surface area contributed by atoms with Gasteiger partial charge in [0.05, 0.1) is 10.5 Å². The zero-order chi connectivity index (χ0) is 11.3. The number of hydrogen-bond acceptors (Lipinski definition) is 3. The molecule has 0 aliphatic rings. The van der Waals surface area contributed by atoms with Gasteiger partial charge in [-0.25, -0.2) is 4.98 Å². The van der Waals surface area contributed by atoms with Crippen LogP contribution in [0, 0.1) is 0 Å². The van der Waals surface area contributed by atoms with Gasteiger partial charge in [0.15, 0.2) is 5.82 Å². The molecule has 0 bridgehead atoms. The van der Waals surface area contributed by atoms with Crippen LogP contribution in [0.1, 0.15) is 0 Å². The summed E-state index contributed by atoms with van der Waals surface area (Å²) in [6, 6.07) is 3.70. The minimum absolute atomic E-state index is 0.415. The van der Waals surface area contributed by atoms with E-state index in [9.17, 15) is 0 Å². The van der Waals surface area contributed by atoms with E-state index in [0.717, 1.165) is 20.8 Å². The van der Waals surface area contributed by atoms with E-state index in [0.29, 0.717) is 16.4 Å². The number of nitrogens with two attached hydrogens (primary N) is 1. The highest BCUT2D eigenvalue weighted by atomic mass is 79.9. The molecule has 2 aromatic heterocycles. The van der Waals surface area contributed by atoms with E-state index in [1.807, 2.05) is 12.1 Å². The summed E-state index contributed by atoms with van der Waals surface area (Å²) in [6.07, 6.45) is 1.79. The van der Waals surface area contributed by atoms with Crippen molar-refractivity contribution in [2.45, 2.75) is 0 Å². The molecule has 4 nitrogen and oxygen atoms in total. The van der Waals surface area contributed by atoms with Crippen LogP contribution in [0.25, 0.3) is 21.8 Å². The lowest BCUT2D eigenvalue weighted by Crippen LogP contribution is -1.93. The molecule has 3 aromatic rings. The molecule has 0 unspecified atom stereocenters. The first-order valence-corrected chi connectivity index (χ1v) is 5.71. The van der Waals surface area contributed by atoms with Gasteiger partial charge in [0.25, 0.3) is 0 Å². The molecule has 0 amide bonds. The van der Waals surface area contributed by atoms with E-state index in [1.54, 1.807) is 6.20 Å². The molecule has 0 aliphatic heterocycles. The topological polar surface area (TPSA) is 67.6 Å². The van der Waals surface area contributed by atoms with Crippen molar-refractivity contribution in [2.75, 3.05) is 5.73 Å². The van der Waals surface area contributed by atoms with E-state index in [1.165, 1.54) is 0 Å². The van der Waals surface area contributed by atoms with Crippen molar-refractivity contribution in [3.63, 3.8) is 0 Å². The normalized spacial score (nSPS) is 11.4. The Morgan fingerprint density at radius 1 is 1.31 bits per heavy atom. The Morgan fingerprint density at radius 3 is 2.94 bits per heavy atom. The van der Waals surface area contributed by atoms with Crippen molar-refractivity contribution in [1.82, 2.24) is 15.2 Å². The van der Waals surface area contributed by atoms with Gasteiger partial charge in [-0.3, -0.25) is 5.10 Å². The number of aromatic amines is 1. The maximum atomic E-state index is 6.06. The maximum absolute atomic E-state index is 6.06. The average Bonchev–Trinajstić information content (AvgIpc) is 2.71. The lowest BCUT2D eigenvalue weighted by atomic mass is 10.1. The number of nitrogens with zero attached hydrogens (tertiary/aromatic N) is 2. The number of aromatic nitrogens is 3. The van der Waals surface area contributed by atoms with Crippen molar-refractivity contribution < 1.29 is 0 Å². The number of fused-ring (bicyclic) bond motifs is 3. The van der Waals surface area contributed by atoms with Gasteiger partial charge in [0.2, 0.25) is 0 Å². The highest BCUT2D eigenvalue weighted by molar-refractivity contribution is 9.10. The molecule has 1 aromatic carbocycles. The third kappa shape index (κ3) is 1.28. The van der Waals surface area contributed by atoms with Crippen LogP contribution in [0.15, 0.2) is 22.8 Å². The maximum Gasteiger partial charge on any atom is 0.152 e. The zero-order valence-electron chi connectivity index (χ0n) is 7.96. The number of benzene rings is 1. The molecular formula is C10H6BrClN4. The molecule has 80 valence electrons. The van der Waals surface area contributed by atoms with Crippen molar-refractivity contribution in [2.24, 2.45) is 0 Å². The summed E-state index contributed by atoms with van der Waals surface area (Å²) >= 11 is 9.42. The summed E-state index contributed by atoms with van der Waals surface area (Å²) in [5, 5.41) is 9.34. The Balaban J connectivity index is 2.59. The van der Waals surface area contributed by atoms with Crippen LogP contribution >= 0.6 is 27.5 Å². The first-order valence-electron chi connectivity index (χ1n) is 4.54. The van der Waals surface area contributed by atoms with Crippen molar-refractivity contribution in [3.8, 4) is 0 Å². The van der Waals surface area contributed by atoms with Gasteiger partial charge in [0, 0.05) is 21.4 Å². The van der Waals surface area contributed by atoms with Crippen LogP contribution in [0.2, 0.25) is 5.02 Å². The molecule has 3 N–H and O–H groups in total. The Bertz CT molecular complexity index is 707. The molecule has 0 radical (unpaired) electrons. The van der Waals surface area contributed by atoms with E-state index in [2.05, 4.69) is 31.1 Å². The number of pyridine rings is 1. The number of halogens is 2.